The molecule has 3 heterocycles. The van der Waals surface area contributed by atoms with Crippen LogP contribution < -0.4 is 5.32 Å². The van der Waals surface area contributed by atoms with Crippen molar-refractivity contribution in [2.45, 2.75) is 57.2 Å². The molecule has 4 rings (SSSR count). The molecule has 1 saturated carbocycles. The molecule has 1 aliphatic carbocycles. The summed E-state index contributed by atoms with van der Waals surface area (Å²) in [6.07, 6.45) is 10.3. The monoisotopic (exact) mass is 371 g/mol. The maximum absolute atomic E-state index is 13.1. The van der Waals surface area contributed by atoms with E-state index in [1.807, 2.05) is 29.2 Å². The van der Waals surface area contributed by atoms with Crippen molar-refractivity contribution in [3.8, 4) is 0 Å². The first kappa shape index (κ1) is 18.2. The molecule has 1 aliphatic heterocycles. The second-order valence-corrected chi connectivity index (χ2v) is 7.61. The van der Waals surface area contributed by atoms with Crippen LogP contribution in [0.5, 0.6) is 0 Å². The van der Waals surface area contributed by atoms with Crippen LogP contribution in [0.1, 0.15) is 56.1 Å². The molecule has 0 unspecified atom stereocenters. The van der Waals surface area contributed by atoms with E-state index in [1.54, 1.807) is 12.5 Å². The minimum absolute atomic E-state index is 0.00551. The average molecular weight is 371 g/mol. The van der Waals surface area contributed by atoms with Gasteiger partial charge in [-0.15, -0.1) is 0 Å². The summed E-state index contributed by atoms with van der Waals surface area (Å²) >= 11 is 0. The first-order valence-electron chi connectivity index (χ1n) is 10.2. The molecule has 2 aromatic heterocycles. The van der Waals surface area contributed by atoms with E-state index in [1.165, 1.54) is 25.7 Å². The Morgan fingerprint density at radius 3 is 2.52 bits per heavy atom. The topological polar surface area (TPSA) is 61.9 Å². The molecule has 27 heavy (non-hydrogen) atoms. The van der Waals surface area contributed by atoms with Crippen molar-refractivity contribution in [2.24, 2.45) is 0 Å². The maximum atomic E-state index is 13.1. The largest absolute Gasteiger partial charge is 0.468 e. The fraction of sp³-hybridized carbons (Fsp3) is 0.571. The highest BCUT2D eigenvalue weighted by Gasteiger charge is 2.30. The number of hydrogen-bond acceptors (Lipinski definition) is 4. The van der Waals surface area contributed by atoms with Gasteiger partial charge in [0.1, 0.15) is 11.5 Å². The van der Waals surface area contributed by atoms with Crippen LogP contribution in [0, 0.1) is 0 Å². The Hall–Kier alpha value is -2.21. The quantitative estimate of drug-likeness (QED) is 0.794. The Morgan fingerprint density at radius 1 is 1.11 bits per heavy atom. The molecule has 0 bridgehead atoms. The SMILES string of the molecule is O=C(NC[C@@H](c1ccco1)N1CCCC1)N(Cc1ccco1)C1CCCC1. The molecule has 6 nitrogen and oxygen atoms in total. The van der Waals surface area contributed by atoms with Crippen LogP contribution in [0.4, 0.5) is 4.79 Å². The summed E-state index contributed by atoms with van der Waals surface area (Å²) in [6, 6.07) is 8.12. The van der Waals surface area contributed by atoms with Crippen LogP contribution in [0.2, 0.25) is 0 Å². The first-order chi connectivity index (χ1) is 13.3. The highest BCUT2D eigenvalue weighted by molar-refractivity contribution is 5.74. The summed E-state index contributed by atoms with van der Waals surface area (Å²) in [5, 5.41) is 3.18. The summed E-state index contributed by atoms with van der Waals surface area (Å²) in [4.78, 5) is 17.4. The Bertz CT molecular complexity index is 686. The van der Waals surface area contributed by atoms with Crippen molar-refractivity contribution in [1.29, 1.82) is 0 Å². The predicted molar refractivity (Wildman–Crippen MR) is 102 cm³/mol. The Kier molecular flexibility index (Phi) is 5.82. The lowest BCUT2D eigenvalue weighted by molar-refractivity contribution is 0.156. The third kappa shape index (κ3) is 4.38. The van der Waals surface area contributed by atoms with Gasteiger partial charge in [0.15, 0.2) is 0 Å². The van der Waals surface area contributed by atoms with E-state index in [2.05, 4.69) is 10.2 Å². The van der Waals surface area contributed by atoms with E-state index in [9.17, 15) is 4.79 Å². The molecule has 6 heteroatoms. The Labute approximate surface area is 160 Å². The third-order valence-corrected chi connectivity index (χ3v) is 5.83. The molecular weight excluding hydrogens is 342 g/mol. The van der Waals surface area contributed by atoms with Gasteiger partial charge in [0.2, 0.25) is 0 Å². The van der Waals surface area contributed by atoms with Crippen molar-refractivity contribution in [3.63, 3.8) is 0 Å². The molecule has 2 fully saturated rings. The number of carbonyl (C=O) groups is 1. The zero-order valence-electron chi connectivity index (χ0n) is 15.8. The number of urea groups is 1. The van der Waals surface area contributed by atoms with Gasteiger partial charge in [-0.1, -0.05) is 12.8 Å². The molecule has 2 aromatic rings. The van der Waals surface area contributed by atoms with Gasteiger partial charge in [-0.2, -0.15) is 0 Å². The molecule has 2 aliphatic rings. The summed E-state index contributed by atoms with van der Waals surface area (Å²) in [6.45, 7) is 3.20. The van der Waals surface area contributed by atoms with Crippen molar-refractivity contribution in [1.82, 2.24) is 15.1 Å². The zero-order valence-corrected chi connectivity index (χ0v) is 15.8. The summed E-state index contributed by atoms with van der Waals surface area (Å²) in [5.41, 5.74) is 0. The van der Waals surface area contributed by atoms with E-state index in [0.717, 1.165) is 37.5 Å². The predicted octanol–water partition coefficient (Wildman–Crippen LogP) is 4.16. The summed E-state index contributed by atoms with van der Waals surface area (Å²) < 4.78 is 11.2. The molecule has 0 aromatic carbocycles. The normalized spacial score (nSPS) is 19.4. The molecule has 2 amide bonds. The van der Waals surface area contributed by atoms with Gasteiger partial charge < -0.3 is 19.1 Å². The highest BCUT2D eigenvalue weighted by atomic mass is 16.3. The standard InChI is InChI=1S/C21H29N3O3/c25-21(24(17-7-1-2-8-17)16-18-9-5-13-26-18)22-15-19(20-10-6-14-27-20)23-11-3-4-12-23/h5-6,9-10,13-14,17,19H,1-4,7-8,11-12,15-16H2,(H,22,25)/t19-/m0/s1. The lowest BCUT2D eigenvalue weighted by Gasteiger charge is -2.31. The third-order valence-electron chi connectivity index (χ3n) is 5.83. The van der Waals surface area contributed by atoms with Gasteiger partial charge in [-0.25, -0.2) is 4.79 Å². The fourth-order valence-electron chi connectivity index (χ4n) is 4.38. The van der Waals surface area contributed by atoms with Gasteiger partial charge in [-0.05, 0) is 63.0 Å². The van der Waals surface area contributed by atoms with Crippen molar-refractivity contribution >= 4 is 6.03 Å². The van der Waals surface area contributed by atoms with Crippen molar-refractivity contribution < 1.29 is 13.6 Å². The second kappa shape index (κ2) is 8.65. The molecule has 1 atom stereocenters. The van der Waals surface area contributed by atoms with Crippen molar-refractivity contribution in [2.75, 3.05) is 19.6 Å². The molecule has 1 saturated heterocycles. The molecule has 0 spiro atoms. The van der Waals surface area contributed by atoms with Crippen LogP contribution in [-0.4, -0.2) is 41.5 Å². The molecule has 1 N–H and O–H groups in total. The number of furan rings is 2. The Morgan fingerprint density at radius 2 is 1.85 bits per heavy atom. The smallest absolute Gasteiger partial charge is 0.318 e. The second-order valence-electron chi connectivity index (χ2n) is 7.61. The number of rotatable bonds is 7. The van der Waals surface area contributed by atoms with E-state index in [4.69, 9.17) is 8.83 Å². The van der Waals surface area contributed by atoms with Gasteiger partial charge in [-0.3, -0.25) is 4.90 Å². The van der Waals surface area contributed by atoms with Crippen LogP contribution >= 0.6 is 0 Å². The van der Waals surface area contributed by atoms with E-state index >= 15 is 0 Å². The fourth-order valence-corrected chi connectivity index (χ4v) is 4.38. The van der Waals surface area contributed by atoms with Gasteiger partial charge >= 0.3 is 6.03 Å². The van der Waals surface area contributed by atoms with Crippen molar-refractivity contribution in [3.05, 3.63) is 48.3 Å². The number of amides is 2. The minimum atomic E-state index is -0.00551. The minimum Gasteiger partial charge on any atom is -0.468 e. The number of carbonyl (C=O) groups excluding carboxylic acids is 1. The number of likely N-dealkylation sites (tertiary alicyclic amines) is 1. The van der Waals surface area contributed by atoms with Crippen LogP contribution in [0.15, 0.2) is 45.6 Å². The summed E-state index contributed by atoms with van der Waals surface area (Å²) in [7, 11) is 0. The van der Waals surface area contributed by atoms with Crippen LogP contribution in [0.3, 0.4) is 0 Å². The number of nitrogens with one attached hydrogen (secondary N) is 1. The van der Waals surface area contributed by atoms with Crippen LogP contribution in [0.25, 0.3) is 0 Å². The first-order valence-corrected chi connectivity index (χ1v) is 10.2. The Balaban J connectivity index is 1.42. The molecular formula is C21H29N3O3. The average Bonchev–Trinajstić information content (AvgIpc) is 3.49. The van der Waals surface area contributed by atoms with Gasteiger partial charge in [0.25, 0.3) is 0 Å². The number of hydrogen-bond donors (Lipinski definition) is 1. The van der Waals surface area contributed by atoms with Gasteiger partial charge in [0, 0.05) is 12.6 Å². The van der Waals surface area contributed by atoms with E-state index in [-0.39, 0.29) is 12.1 Å². The lowest BCUT2D eigenvalue weighted by atomic mass is 10.2. The zero-order chi connectivity index (χ0) is 18.5. The highest BCUT2D eigenvalue weighted by Crippen LogP contribution is 2.27. The molecule has 146 valence electrons. The van der Waals surface area contributed by atoms with E-state index < -0.39 is 0 Å². The lowest BCUT2D eigenvalue weighted by Crippen LogP contribution is -2.47. The number of nitrogens with zero attached hydrogens (tertiary/aromatic N) is 2. The van der Waals surface area contributed by atoms with E-state index in [0.29, 0.717) is 19.1 Å². The maximum Gasteiger partial charge on any atom is 0.318 e. The summed E-state index contributed by atoms with van der Waals surface area (Å²) in [5.74, 6) is 1.76. The van der Waals surface area contributed by atoms with Crippen LogP contribution in [-0.2, 0) is 6.54 Å². The molecule has 0 radical (unpaired) electrons. The van der Waals surface area contributed by atoms with Gasteiger partial charge in [0.05, 0.1) is 25.1 Å².